The van der Waals surface area contributed by atoms with Crippen molar-refractivity contribution in [2.75, 3.05) is 11.1 Å². The number of carbonyl (C=O) groups excluding carboxylic acids is 2. The third kappa shape index (κ3) is 5.66. The van der Waals surface area contributed by atoms with E-state index in [1.807, 2.05) is 31.2 Å². The molecule has 0 heterocycles. The number of amides is 1. The summed E-state index contributed by atoms with van der Waals surface area (Å²) < 4.78 is 5.17. The van der Waals surface area contributed by atoms with Crippen LogP contribution in [0.5, 0.6) is 0 Å². The van der Waals surface area contributed by atoms with Gasteiger partial charge in [0, 0.05) is 4.90 Å². The van der Waals surface area contributed by atoms with Crippen LogP contribution < -0.4 is 5.32 Å². The molecule has 4 nitrogen and oxygen atoms in total. The van der Waals surface area contributed by atoms with Gasteiger partial charge in [0.05, 0.1) is 21.5 Å². The van der Waals surface area contributed by atoms with Crippen LogP contribution in [0.25, 0.3) is 0 Å². The number of benzene rings is 2. The second-order valence-electron chi connectivity index (χ2n) is 5.27. The molecule has 2 aromatic rings. The fourth-order valence-corrected chi connectivity index (χ4v) is 3.29. The molecular formula is C18H17Cl2NO3S. The first kappa shape index (κ1) is 19.6. The number of thioether (sulfide) groups is 1. The Morgan fingerprint density at radius 1 is 1.12 bits per heavy atom. The highest BCUT2D eigenvalue weighted by atomic mass is 35.5. The minimum Gasteiger partial charge on any atom is -0.452 e. The van der Waals surface area contributed by atoms with Crippen molar-refractivity contribution in [3.05, 3.63) is 58.1 Å². The number of aryl methyl sites for hydroxylation is 1. The van der Waals surface area contributed by atoms with Crippen molar-refractivity contribution in [2.45, 2.75) is 24.8 Å². The van der Waals surface area contributed by atoms with Gasteiger partial charge in [0.25, 0.3) is 5.91 Å². The number of anilines is 1. The SMILES string of the molecule is Cc1ccccc1SCC(=O)O[C@H](C)C(=O)Nc1c(Cl)cccc1Cl. The second kappa shape index (κ2) is 9.13. The van der Waals surface area contributed by atoms with E-state index in [4.69, 9.17) is 27.9 Å². The van der Waals surface area contributed by atoms with Crippen LogP contribution >= 0.6 is 35.0 Å². The van der Waals surface area contributed by atoms with Crippen molar-refractivity contribution in [3.63, 3.8) is 0 Å². The van der Waals surface area contributed by atoms with Gasteiger partial charge < -0.3 is 10.1 Å². The van der Waals surface area contributed by atoms with Gasteiger partial charge in [-0.3, -0.25) is 9.59 Å². The number of halogens is 2. The Bertz CT molecular complexity index is 762. The number of rotatable bonds is 6. The van der Waals surface area contributed by atoms with Crippen LogP contribution in [0.2, 0.25) is 10.0 Å². The lowest BCUT2D eigenvalue weighted by Gasteiger charge is -2.15. The fourth-order valence-electron chi connectivity index (χ4n) is 1.98. The molecule has 1 atom stereocenters. The highest BCUT2D eigenvalue weighted by Gasteiger charge is 2.20. The summed E-state index contributed by atoms with van der Waals surface area (Å²) in [6.07, 6.45) is -0.961. The molecule has 0 radical (unpaired) electrons. The van der Waals surface area contributed by atoms with Gasteiger partial charge >= 0.3 is 5.97 Å². The summed E-state index contributed by atoms with van der Waals surface area (Å²) in [6, 6.07) is 12.6. The first-order valence-electron chi connectivity index (χ1n) is 7.51. The first-order chi connectivity index (χ1) is 11.9. The number of ether oxygens (including phenoxy) is 1. The van der Waals surface area contributed by atoms with Gasteiger partial charge in [-0.2, -0.15) is 0 Å². The van der Waals surface area contributed by atoms with Gasteiger partial charge in [-0.25, -0.2) is 0 Å². The molecule has 1 N–H and O–H groups in total. The summed E-state index contributed by atoms with van der Waals surface area (Å²) in [5, 5.41) is 3.21. The van der Waals surface area contributed by atoms with Crippen LogP contribution in [0.15, 0.2) is 47.4 Å². The smallest absolute Gasteiger partial charge is 0.317 e. The largest absolute Gasteiger partial charge is 0.452 e. The van der Waals surface area contributed by atoms with Crippen LogP contribution in [-0.2, 0) is 14.3 Å². The molecule has 0 unspecified atom stereocenters. The summed E-state index contributed by atoms with van der Waals surface area (Å²) in [6.45, 7) is 3.47. The predicted molar refractivity (Wildman–Crippen MR) is 103 cm³/mol. The zero-order valence-corrected chi connectivity index (χ0v) is 16.0. The zero-order chi connectivity index (χ0) is 18.4. The van der Waals surface area contributed by atoms with E-state index in [2.05, 4.69) is 5.32 Å². The van der Waals surface area contributed by atoms with Gasteiger partial charge in [0.15, 0.2) is 6.10 Å². The van der Waals surface area contributed by atoms with Gasteiger partial charge in [-0.15, -0.1) is 11.8 Å². The lowest BCUT2D eigenvalue weighted by atomic mass is 10.2. The molecule has 132 valence electrons. The van der Waals surface area contributed by atoms with Gasteiger partial charge in [-0.05, 0) is 37.6 Å². The third-order valence-electron chi connectivity index (χ3n) is 3.33. The van der Waals surface area contributed by atoms with Gasteiger partial charge in [0.2, 0.25) is 0 Å². The summed E-state index contributed by atoms with van der Waals surface area (Å²) in [4.78, 5) is 25.1. The molecule has 0 saturated heterocycles. The lowest BCUT2D eigenvalue weighted by molar-refractivity contribution is -0.150. The molecule has 7 heteroatoms. The minimum atomic E-state index is -0.961. The molecule has 0 aliphatic heterocycles. The molecule has 0 aliphatic carbocycles. The third-order valence-corrected chi connectivity index (χ3v) is 5.11. The molecule has 25 heavy (non-hydrogen) atoms. The number of nitrogens with one attached hydrogen (secondary N) is 1. The standard InChI is InChI=1S/C18H17Cl2NO3S/c1-11-6-3-4-9-15(11)25-10-16(22)24-12(2)18(23)21-17-13(19)7-5-8-14(17)20/h3-9,12H,10H2,1-2H3,(H,21,23)/t12-/m1/s1. The molecule has 0 fully saturated rings. The number of hydrogen-bond acceptors (Lipinski definition) is 4. The predicted octanol–water partition coefficient (Wildman–Crippen LogP) is 4.96. The molecule has 0 bridgehead atoms. The molecular weight excluding hydrogens is 381 g/mol. The highest BCUT2D eigenvalue weighted by molar-refractivity contribution is 8.00. The van der Waals surface area contributed by atoms with E-state index >= 15 is 0 Å². The Kier molecular flexibility index (Phi) is 7.17. The topological polar surface area (TPSA) is 55.4 Å². The van der Waals surface area contributed by atoms with Crippen LogP contribution in [0.3, 0.4) is 0 Å². The summed E-state index contributed by atoms with van der Waals surface area (Å²) >= 11 is 13.4. The average Bonchev–Trinajstić information content (AvgIpc) is 2.57. The minimum absolute atomic E-state index is 0.120. The molecule has 2 aromatic carbocycles. The number of esters is 1. The van der Waals surface area contributed by atoms with E-state index in [0.29, 0.717) is 15.7 Å². The Balaban J connectivity index is 1.88. The zero-order valence-electron chi connectivity index (χ0n) is 13.7. The van der Waals surface area contributed by atoms with Crippen molar-refractivity contribution < 1.29 is 14.3 Å². The van der Waals surface area contributed by atoms with E-state index in [1.165, 1.54) is 18.7 Å². The molecule has 1 amide bonds. The Morgan fingerprint density at radius 3 is 2.40 bits per heavy atom. The normalized spacial score (nSPS) is 11.7. The van der Waals surface area contributed by atoms with Crippen LogP contribution in [0.1, 0.15) is 12.5 Å². The summed E-state index contributed by atoms with van der Waals surface area (Å²) in [5.41, 5.74) is 1.38. The fraction of sp³-hybridized carbons (Fsp3) is 0.222. The molecule has 2 rings (SSSR count). The van der Waals surface area contributed by atoms with Gasteiger partial charge in [0.1, 0.15) is 0 Å². The quantitative estimate of drug-likeness (QED) is 0.552. The Labute approximate surface area is 160 Å². The summed E-state index contributed by atoms with van der Waals surface area (Å²) in [7, 11) is 0. The van der Waals surface area contributed by atoms with Crippen molar-refractivity contribution in [2.24, 2.45) is 0 Å². The van der Waals surface area contributed by atoms with Crippen LogP contribution in [-0.4, -0.2) is 23.7 Å². The van der Waals surface area contributed by atoms with Crippen molar-refractivity contribution >= 4 is 52.5 Å². The van der Waals surface area contributed by atoms with Crippen molar-refractivity contribution in [1.29, 1.82) is 0 Å². The molecule has 0 aromatic heterocycles. The molecule has 0 saturated carbocycles. The van der Waals surface area contributed by atoms with E-state index in [9.17, 15) is 9.59 Å². The first-order valence-corrected chi connectivity index (χ1v) is 9.25. The highest BCUT2D eigenvalue weighted by Crippen LogP contribution is 2.30. The maximum Gasteiger partial charge on any atom is 0.317 e. The summed E-state index contributed by atoms with van der Waals surface area (Å²) in [5.74, 6) is -0.847. The van der Waals surface area contributed by atoms with E-state index < -0.39 is 18.0 Å². The number of hydrogen-bond donors (Lipinski definition) is 1. The molecule has 0 aliphatic rings. The van der Waals surface area contributed by atoms with Crippen molar-refractivity contribution in [1.82, 2.24) is 0 Å². The van der Waals surface area contributed by atoms with Crippen molar-refractivity contribution in [3.8, 4) is 0 Å². The monoisotopic (exact) mass is 397 g/mol. The average molecular weight is 398 g/mol. The van der Waals surface area contributed by atoms with E-state index in [-0.39, 0.29) is 5.75 Å². The number of para-hydroxylation sites is 1. The Hall–Kier alpha value is -1.69. The van der Waals surface area contributed by atoms with E-state index in [1.54, 1.807) is 18.2 Å². The van der Waals surface area contributed by atoms with Gasteiger partial charge in [-0.1, -0.05) is 47.5 Å². The maximum atomic E-state index is 12.2. The second-order valence-corrected chi connectivity index (χ2v) is 7.10. The Morgan fingerprint density at radius 2 is 1.76 bits per heavy atom. The maximum absolute atomic E-state index is 12.2. The molecule has 0 spiro atoms. The number of carbonyl (C=O) groups is 2. The van der Waals surface area contributed by atoms with Crippen LogP contribution in [0, 0.1) is 6.92 Å². The lowest BCUT2D eigenvalue weighted by Crippen LogP contribution is -2.30. The van der Waals surface area contributed by atoms with Crippen LogP contribution in [0.4, 0.5) is 5.69 Å². The van der Waals surface area contributed by atoms with E-state index in [0.717, 1.165) is 10.5 Å².